The van der Waals surface area contributed by atoms with Gasteiger partial charge in [-0.05, 0) is 55.9 Å². The zero-order valence-corrected chi connectivity index (χ0v) is 15.4. The first kappa shape index (κ1) is 16.9. The van der Waals surface area contributed by atoms with E-state index >= 15 is 0 Å². The predicted octanol–water partition coefficient (Wildman–Crippen LogP) is 3.54. The van der Waals surface area contributed by atoms with Gasteiger partial charge in [-0.15, -0.1) is 0 Å². The molecule has 4 aliphatic carbocycles. The van der Waals surface area contributed by atoms with Crippen LogP contribution in [0.2, 0.25) is 25.7 Å². The van der Waals surface area contributed by atoms with Crippen molar-refractivity contribution in [3.05, 3.63) is 0 Å². The number of alkyl carbamates (subject to hydrolysis) is 1. The number of hydrogen-bond acceptors (Lipinski definition) is 3. The number of rotatable bonds is 5. The van der Waals surface area contributed by atoms with Gasteiger partial charge in [0, 0.05) is 8.07 Å². The first-order chi connectivity index (χ1) is 10.7. The van der Waals surface area contributed by atoms with Crippen LogP contribution in [-0.4, -0.2) is 38.3 Å². The van der Waals surface area contributed by atoms with Crippen molar-refractivity contribution < 1.29 is 18.7 Å². The highest BCUT2D eigenvalue weighted by Crippen LogP contribution is 2.60. The van der Waals surface area contributed by atoms with Crippen LogP contribution in [0, 0.1) is 17.8 Å². The molecule has 0 saturated heterocycles. The number of nitrogens with one attached hydrogen (secondary N) is 1. The standard InChI is InChI=1S/C17H28FNO3Si/c1-23(2,3)5-4-22-15(21)19-17(11-20)13-6-12-7-14(17)10-16(18,8-12)9-13/h11-14H,4-10H2,1-3H3,(H,19,21)/t12-,13-,14-,16+,17-/m1/s1. The summed E-state index contributed by atoms with van der Waals surface area (Å²) in [5.41, 5.74) is -2.03. The SMILES string of the molecule is C[Si](C)(C)CCOC(=O)N[C@]1(C=O)[C@@H]2C[C@@H]3C[C@@H]1C[C@@](F)(C2)C3. The summed E-state index contributed by atoms with van der Waals surface area (Å²) in [5, 5.41) is 2.85. The van der Waals surface area contributed by atoms with Crippen molar-refractivity contribution in [2.45, 2.75) is 69.0 Å². The second kappa shape index (κ2) is 5.57. The van der Waals surface area contributed by atoms with E-state index in [1.165, 1.54) is 0 Å². The molecule has 0 aliphatic heterocycles. The molecule has 4 fully saturated rings. The van der Waals surface area contributed by atoms with Crippen molar-refractivity contribution in [2.75, 3.05) is 6.61 Å². The van der Waals surface area contributed by atoms with Crippen molar-refractivity contribution in [1.82, 2.24) is 5.32 Å². The van der Waals surface area contributed by atoms with Crippen LogP contribution in [0.25, 0.3) is 0 Å². The molecular formula is C17H28FNO3Si. The van der Waals surface area contributed by atoms with Gasteiger partial charge in [-0.25, -0.2) is 9.18 Å². The number of carbonyl (C=O) groups is 2. The topological polar surface area (TPSA) is 55.4 Å². The minimum Gasteiger partial charge on any atom is -0.450 e. The Kier molecular flexibility index (Phi) is 4.10. The summed E-state index contributed by atoms with van der Waals surface area (Å²) in [4.78, 5) is 24.1. The molecule has 130 valence electrons. The van der Waals surface area contributed by atoms with E-state index in [1.54, 1.807) is 0 Å². The monoisotopic (exact) mass is 341 g/mol. The van der Waals surface area contributed by atoms with E-state index in [4.69, 9.17) is 4.74 Å². The molecule has 4 bridgehead atoms. The van der Waals surface area contributed by atoms with Crippen LogP contribution in [-0.2, 0) is 9.53 Å². The van der Waals surface area contributed by atoms with Crippen LogP contribution in [0.5, 0.6) is 0 Å². The summed E-state index contributed by atoms with van der Waals surface area (Å²) >= 11 is 0. The van der Waals surface area contributed by atoms with Gasteiger partial charge in [0.25, 0.3) is 0 Å². The van der Waals surface area contributed by atoms with Crippen molar-refractivity contribution in [1.29, 1.82) is 0 Å². The number of carbonyl (C=O) groups excluding carboxylic acids is 2. The Morgan fingerprint density at radius 2 is 1.87 bits per heavy atom. The Hall–Kier alpha value is -0.913. The smallest absolute Gasteiger partial charge is 0.407 e. The molecule has 6 heteroatoms. The molecule has 0 aromatic carbocycles. The van der Waals surface area contributed by atoms with Crippen LogP contribution in [0.4, 0.5) is 9.18 Å². The lowest BCUT2D eigenvalue weighted by Crippen LogP contribution is -2.70. The summed E-state index contributed by atoms with van der Waals surface area (Å²) in [6.07, 6.45) is 3.46. The number of aldehydes is 1. The largest absolute Gasteiger partial charge is 0.450 e. The fourth-order valence-corrected chi connectivity index (χ4v) is 5.75. The second-order valence-electron chi connectivity index (χ2n) is 9.12. The zero-order valence-electron chi connectivity index (χ0n) is 14.4. The third kappa shape index (κ3) is 3.19. The third-order valence-electron chi connectivity index (χ3n) is 6.06. The van der Waals surface area contributed by atoms with Gasteiger partial charge in [-0.2, -0.15) is 0 Å². The molecule has 0 spiro atoms. The fraction of sp³-hybridized carbons (Fsp3) is 0.882. The lowest BCUT2D eigenvalue weighted by molar-refractivity contribution is -0.147. The summed E-state index contributed by atoms with van der Waals surface area (Å²) in [6, 6.07) is 0.900. The van der Waals surface area contributed by atoms with Gasteiger partial charge < -0.3 is 14.8 Å². The number of halogens is 1. The van der Waals surface area contributed by atoms with Crippen molar-refractivity contribution in [3.63, 3.8) is 0 Å². The molecule has 23 heavy (non-hydrogen) atoms. The highest BCUT2D eigenvalue weighted by molar-refractivity contribution is 6.76. The Morgan fingerprint density at radius 3 is 2.35 bits per heavy atom. The Balaban J connectivity index is 1.65. The number of amides is 1. The molecule has 4 rings (SSSR count). The molecule has 0 aromatic heterocycles. The van der Waals surface area contributed by atoms with Gasteiger partial charge in [0.05, 0.1) is 6.61 Å². The van der Waals surface area contributed by atoms with Crippen LogP contribution in [0.3, 0.4) is 0 Å². The summed E-state index contributed by atoms with van der Waals surface area (Å²) in [5.74, 6) is 0.205. The first-order valence-corrected chi connectivity index (χ1v) is 12.5. The van der Waals surface area contributed by atoms with Crippen LogP contribution in [0.15, 0.2) is 0 Å². The molecular weight excluding hydrogens is 313 g/mol. The number of ether oxygens (including phenoxy) is 1. The van der Waals surface area contributed by atoms with E-state index < -0.39 is 25.4 Å². The molecule has 0 aromatic rings. The highest BCUT2D eigenvalue weighted by atomic mass is 28.3. The number of hydrogen-bond donors (Lipinski definition) is 1. The molecule has 4 saturated carbocycles. The van der Waals surface area contributed by atoms with Gasteiger partial charge in [-0.3, -0.25) is 0 Å². The molecule has 1 amide bonds. The molecule has 1 N–H and O–H groups in total. The highest BCUT2D eigenvalue weighted by Gasteiger charge is 2.63. The Bertz CT molecular complexity index is 489. The quantitative estimate of drug-likeness (QED) is 0.615. The average Bonchev–Trinajstić information content (AvgIpc) is 2.39. The Labute approximate surface area is 138 Å². The van der Waals surface area contributed by atoms with Gasteiger partial charge >= 0.3 is 6.09 Å². The number of alkyl halides is 1. The maximum atomic E-state index is 14.8. The maximum absolute atomic E-state index is 14.8. The summed E-state index contributed by atoms with van der Waals surface area (Å²) < 4.78 is 20.1. The fourth-order valence-electron chi connectivity index (χ4n) is 5.03. The van der Waals surface area contributed by atoms with Crippen molar-refractivity contribution in [2.24, 2.45) is 17.8 Å². The minimum atomic E-state index is -1.26. The van der Waals surface area contributed by atoms with Gasteiger partial charge in [0.15, 0.2) is 0 Å². The van der Waals surface area contributed by atoms with Gasteiger partial charge in [0.2, 0.25) is 0 Å². The average molecular weight is 341 g/mol. The molecule has 0 heterocycles. The van der Waals surface area contributed by atoms with Gasteiger partial charge in [-0.1, -0.05) is 19.6 Å². The van der Waals surface area contributed by atoms with E-state index in [2.05, 4.69) is 25.0 Å². The van der Waals surface area contributed by atoms with Crippen LogP contribution >= 0.6 is 0 Å². The van der Waals surface area contributed by atoms with Gasteiger partial charge in [0.1, 0.15) is 17.5 Å². The van der Waals surface area contributed by atoms with Crippen LogP contribution < -0.4 is 5.32 Å². The van der Waals surface area contributed by atoms with E-state index in [0.717, 1.165) is 25.2 Å². The van der Waals surface area contributed by atoms with E-state index in [1.807, 2.05) is 0 Å². The van der Waals surface area contributed by atoms with E-state index in [-0.39, 0.29) is 11.8 Å². The minimum absolute atomic E-state index is 0.0826. The van der Waals surface area contributed by atoms with E-state index in [9.17, 15) is 14.0 Å². The van der Waals surface area contributed by atoms with E-state index in [0.29, 0.717) is 31.8 Å². The third-order valence-corrected chi connectivity index (χ3v) is 7.77. The van der Waals surface area contributed by atoms with Crippen molar-refractivity contribution in [3.8, 4) is 0 Å². The summed E-state index contributed by atoms with van der Waals surface area (Å²) in [7, 11) is -1.26. The molecule has 4 aliphatic rings. The molecule has 2 atom stereocenters. The predicted molar refractivity (Wildman–Crippen MR) is 88.8 cm³/mol. The summed E-state index contributed by atoms with van der Waals surface area (Å²) in [6.45, 7) is 7.06. The molecule has 0 radical (unpaired) electrons. The maximum Gasteiger partial charge on any atom is 0.407 e. The molecule has 0 unspecified atom stereocenters. The first-order valence-electron chi connectivity index (χ1n) is 8.76. The molecule has 4 nitrogen and oxygen atoms in total. The second-order valence-corrected chi connectivity index (χ2v) is 14.7. The van der Waals surface area contributed by atoms with Crippen molar-refractivity contribution >= 4 is 20.5 Å². The lowest BCUT2D eigenvalue weighted by atomic mass is 9.48. The zero-order chi connectivity index (χ0) is 16.9. The lowest BCUT2D eigenvalue weighted by Gasteiger charge is -2.60. The normalized spacial score (nSPS) is 41.7. The Morgan fingerprint density at radius 1 is 1.26 bits per heavy atom. The van der Waals surface area contributed by atoms with Crippen LogP contribution in [0.1, 0.15) is 32.1 Å².